The van der Waals surface area contributed by atoms with Gasteiger partial charge in [0.25, 0.3) is 5.91 Å². The third-order valence-electron chi connectivity index (χ3n) is 5.74. The van der Waals surface area contributed by atoms with Gasteiger partial charge in [0.1, 0.15) is 17.7 Å². The maximum atomic E-state index is 13.8. The zero-order chi connectivity index (χ0) is 26.5. The number of carbonyl (C=O) groups excluding carboxylic acids is 3. The number of hydrogen-bond acceptors (Lipinski definition) is 4. The second-order valence-corrected chi connectivity index (χ2v) is 10.0. The Morgan fingerprint density at radius 1 is 0.971 bits per heavy atom. The van der Waals surface area contributed by atoms with Crippen LogP contribution in [0.15, 0.2) is 36.4 Å². The van der Waals surface area contributed by atoms with Crippen molar-refractivity contribution in [2.75, 3.05) is 11.9 Å². The Hall–Kier alpha value is -3.35. The van der Waals surface area contributed by atoms with Gasteiger partial charge in [-0.25, -0.2) is 4.79 Å². The van der Waals surface area contributed by atoms with E-state index in [1.807, 2.05) is 71.0 Å². The number of ether oxygens (including phenoxy) is 1. The van der Waals surface area contributed by atoms with E-state index in [2.05, 4.69) is 10.6 Å². The van der Waals surface area contributed by atoms with Crippen LogP contribution in [0.25, 0.3) is 0 Å². The van der Waals surface area contributed by atoms with Crippen molar-refractivity contribution in [1.29, 1.82) is 0 Å². The first kappa shape index (κ1) is 27.9. The second kappa shape index (κ2) is 11.4. The molecule has 35 heavy (non-hydrogen) atoms. The molecule has 190 valence electrons. The predicted octanol–water partition coefficient (Wildman–Crippen LogP) is 5.36. The van der Waals surface area contributed by atoms with E-state index < -0.39 is 23.8 Å². The topological polar surface area (TPSA) is 87.7 Å². The van der Waals surface area contributed by atoms with Gasteiger partial charge in [-0.3, -0.25) is 9.59 Å². The zero-order valence-corrected chi connectivity index (χ0v) is 22.4. The average Bonchev–Trinajstić information content (AvgIpc) is 2.73. The minimum absolute atomic E-state index is 0.275. The van der Waals surface area contributed by atoms with Gasteiger partial charge in [-0.05, 0) is 84.6 Å². The number of anilines is 1. The summed E-state index contributed by atoms with van der Waals surface area (Å²) in [5.41, 5.74) is 4.62. The monoisotopic (exact) mass is 481 g/mol. The highest BCUT2D eigenvalue weighted by Crippen LogP contribution is 2.29. The standard InChI is InChI=1S/C28H39N3O4/c1-10-31(26(33)21(6)29-27(34)35-28(7,8)9)24(22-15-14-17(2)16-20(22)5)25(32)30-23-18(3)12-11-13-19(23)4/h11-16,21,24H,10H2,1-9H3,(H,29,34)(H,30,32). The molecule has 0 aliphatic heterocycles. The molecule has 0 aliphatic carbocycles. The lowest BCUT2D eigenvalue weighted by Gasteiger charge is -2.33. The van der Waals surface area contributed by atoms with Crippen LogP contribution in [0.3, 0.4) is 0 Å². The fourth-order valence-electron chi connectivity index (χ4n) is 4.05. The van der Waals surface area contributed by atoms with Gasteiger partial charge < -0.3 is 20.3 Å². The molecule has 7 nitrogen and oxygen atoms in total. The molecule has 0 radical (unpaired) electrons. The Bertz CT molecular complexity index is 1070. The molecular weight excluding hydrogens is 442 g/mol. The lowest BCUT2D eigenvalue weighted by atomic mass is 9.96. The van der Waals surface area contributed by atoms with Crippen molar-refractivity contribution in [2.24, 2.45) is 0 Å². The summed E-state index contributed by atoms with van der Waals surface area (Å²) in [5, 5.41) is 5.66. The van der Waals surface area contributed by atoms with Crippen LogP contribution >= 0.6 is 0 Å². The molecule has 2 unspecified atom stereocenters. The number of alkyl carbamates (subject to hydrolysis) is 1. The fourth-order valence-corrected chi connectivity index (χ4v) is 4.05. The highest BCUT2D eigenvalue weighted by atomic mass is 16.6. The summed E-state index contributed by atoms with van der Waals surface area (Å²) in [6, 6.07) is 9.86. The van der Waals surface area contributed by atoms with Crippen molar-refractivity contribution in [2.45, 2.75) is 80.0 Å². The summed E-state index contributed by atoms with van der Waals surface area (Å²) in [7, 11) is 0. The first-order chi connectivity index (χ1) is 16.2. The number of amides is 3. The largest absolute Gasteiger partial charge is 0.444 e. The number of carbonyl (C=O) groups is 3. The van der Waals surface area contributed by atoms with Crippen molar-refractivity contribution in [3.05, 3.63) is 64.2 Å². The van der Waals surface area contributed by atoms with E-state index in [-0.39, 0.29) is 18.4 Å². The van der Waals surface area contributed by atoms with Gasteiger partial charge in [0.15, 0.2) is 0 Å². The Labute approximate surface area is 209 Å². The number of nitrogens with one attached hydrogen (secondary N) is 2. The van der Waals surface area contributed by atoms with Gasteiger partial charge in [-0.15, -0.1) is 0 Å². The van der Waals surface area contributed by atoms with Crippen LogP contribution in [-0.2, 0) is 14.3 Å². The molecule has 0 bridgehead atoms. The van der Waals surface area contributed by atoms with Crippen LogP contribution in [0.5, 0.6) is 0 Å². The SMILES string of the molecule is CCN(C(=O)C(C)NC(=O)OC(C)(C)C)C(C(=O)Nc1c(C)cccc1C)c1ccc(C)cc1C. The normalized spacial score (nSPS) is 12.9. The Morgan fingerprint density at radius 3 is 2.09 bits per heavy atom. The smallest absolute Gasteiger partial charge is 0.408 e. The summed E-state index contributed by atoms with van der Waals surface area (Å²) in [5.74, 6) is -0.686. The summed E-state index contributed by atoms with van der Waals surface area (Å²) in [4.78, 5) is 41.1. The van der Waals surface area contributed by atoms with Crippen LogP contribution < -0.4 is 10.6 Å². The van der Waals surface area contributed by atoms with Crippen molar-refractivity contribution < 1.29 is 19.1 Å². The summed E-state index contributed by atoms with van der Waals surface area (Å²) >= 11 is 0. The second-order valence-electron chi connectivity index (χ2n) is 10.0. The van der Waals surface area contributed by atoms with Gasteiger partial charge >= 0.3 is 6.09 Å². The molecule has 0 fully saturated rings. The minimum Gasteiger partial charge on any atom is -0.444 e. The third-order valence-corrected chi connectivity index (χ3v) is 5.74. The molecular formula is C28H39N3O4. The predicted molar refractivity (Wildman–Crippen MR) is 139 cm³/mol. The van der Waals surface area contributed by atoms with E-state index in [1.165, 1.54) is 4.90 Å². The van der Waals surface area contributed by atoms with Crippen molar-refractivity contribution in [3.63, 3.8) is 0 Å². The number of hydrogen-bond donors (Lipinski definition) is 2. The van der Waals surface area contributed by atoms with Gasteiger partial charge in [0.2, 0.25) is 5.91 Å². The van der Waals surface area contributed by atoms with E-state index in [4.69, 9.17) is 4.74 Å². The first-order valence-electron chi connectivity index (χ1n) is 12.0. The lowest BCUT2D eigenvalue weighted by molar-refractivity contribution is -0.140. The molecule has 2 atom stereocenters. The molecule has 0 saturated carbocycles. The van der Waals surface area contributed by atoms with Crippen molar-refractivity contribution in [3.8, 4) is 0 Å². The maximum absolute atomic E-state index is 13.8. The van der Waals surface area contributed by atoms with Crippen LogP contribution in [0.1, 0.15) is 68.5 Å². The molecule has 2 aromatic carbocycles. The molecule has 0 aromatic heterocycles. The molecule has 2 rings (SSSR count). The van der Waals surface area contributed by atoms with Crippen LogP contribution in [0.4, 0.5) is 10.5 Å². The van der Waals surface area contributed by atoms with Crippen LogP contribution in [0.2, 0.25) is 0 Å². The quantitative estimate of drug-likeness (QED) is 0.557. The molecule has 2 N–H and O–H groups in total. The van der Waals surface area contributed by atoms with Crippen LogP contribution in [-0.4, -0.2) is 41.0 Å². The Morgan fingerprint density at radius 2 is 1.57 bits per heavy atom. The summed E-state index contributed by atoms with van der Waals surface area (Å²) in [6.07, 6.45) is -0.683. The average molecular weight is 482 g/mol. The zero-order valence-electron chi connectivity index (χ0n) is 22.4. The number of nitrogens with zero attached hydrogens (tertiary/aromatic N) is 1. The van der Waals surface area contributed by atoms with Crippen LogP contribution in [0, 0.1) is 27.7 Å². The molecule has 0 heterocycles. The summed E-state index contributed by atoms with van der Waals surface area (Å²) < 4.78 is 5.30. The molecule has 0 saturated heterocycles. The molecule has 7 heteroatoms. The molecule has 3 amide bonds. The number of likely N-dealkylation sites (N-methyl/N-ethyl adjacent to an activating group) is 1. The van der Waals surface area contributed by atoms with E-state index in [0.717, 1.165) is 33.5 Å². The van der Waals surface area contributed by atoms with E-state index >= 15 is 0 Å². The van der Waals surface area contributed by atoms with E-state index in [9.17, 15) is 14.4 Å². The minimum atomic E-state index is -0.883. The number of rotatable bonds is 7. The Kier molecular flexibility index (Phi) is 9.07. The van der Waals surface area contributed by atoms with Gasteiger partial charge in [0.05, 0.1) is 0 Å². The number of aryl methyl sites for hydroxylation is 4. The highest BCUT2D eigenvalue weighted by molar-refractivity contribution is 6.00. The number of benzene rings is 2. The van der Waals surface area contributed by atoms with Gasteiger partial charge in [-0.2, -0.15) is 0 Å². The Balaban J connectivity index is 2.44. The summed E-state index contributed by atoms with van der Waals surface area (Å²) in [6.45, 7) is 16.7. The third kappa shape index (κ3) is 7.31. The lowest BCUT2D eigenvalue weighted by Crippen LogP contribution is -2.51. The highest BCUT2D eigenvalue weighted by Gasteiger charge is 2.35. The van der Waals surface area contributed by atoms with Crippen molar-refractivity contribution >= 4 is 23.6 Å². The maximum Gasteiger partial charge on any atom is 0.408 e. The fraction of sp³-hybridized carbons (Fsp3) is 0.464. The molecule has 2 aromatic rings. The number of para-hydroxylation sites is 1. The molecule has 0 spiro atoms. The van der Waals surface area contributed by atoms with E-state index in [0.29, 0.717) is 0 Å². The van der Waals surface area contributed by atoms with E-state index in [1.54, 1.807) is 27.7 Å². The van der Waals surface area contributed by atoms with Gasteiger partial charge in [0, 0.05) is 12.2 Å². The first-order valence-corrected chi connectivity index (χ1v) is 12.0. The molecule has 0 aliphatic rings. The van der Waals surface area contributed by atoms with Crippen molar-refractivity contribution in [1.82, 2.24) is 10.2 Å². The van der Waals surface area contributed by atoms with Gasteiger partial charge in [-0.1, -0.05) is 42.0 Å².